The zero-order valence-corrected chi connectivity index (χ0v) is 28.0. The van der Waals surface area contributed by atoms with Gasteiger partial charge in [0.2, 0.25) is 0 Å². The van der Waals surface area contributed by atoms with Gasteiger partial charge in [-0.25, -0.2) is 0 Å². The Bertz CT molecular complexity index is 3110. The Morgan fingerprint density at radius 2 is 0.981 bits per heavy atom. The highest BCUT2D eigenvalue weighted by Crippen LogP contribution is 2.49. The highest BCUT2D eigenvalue weighted by atomic mass is 16.3. The molecule has 0 saturated carbocycles. The summed E-state index contributed by atoms with van der Waals surface area (Å²) in [4.78, 5) is 2.32. The van der Waals surface area contributed by atoms with Gasteiger partial charge in [-0.3, -0.25) is 0 Å². The summed E-state index contributed by atoms with van der Waals surface area (Å²) in [7, 11) is 0. The molecule has 3 aromatic heterocycles. The quantitative estimate of drug-likeness (QED) is 0.183. The number of benzene rings is 8. The third-order valence-electron chi connectivity index (χ3n) is 10.4. The van der Waals surface area contributed by atoms with Crippen molar-refractivity contribution in [3.8, 4) is 16.8 Å². The Kier molecular flexibility index (Phi) is 6.22. The van der Waals surface area contributed by atoms with Crippen LogP contribution in [0.2, 0.25) is 0 Å². The second-order valence-electron chi connectivity index (χ2n) is 13.3. The molecule has 11 rings (SSSR count). The van der Waals surface area contributed by atoms with E-state index in [4.69, 9.17) is 8.83 Å². The maximum Gasteiger partial charge on any atom is 0.160 e. The number of nitrogens with zero attached hydrogens (tertiary/aromatic N) is 2. The van der Waals surface area contributed by atoms with Crippen molar-refractivity contribution in [3.05, 3.63) is 182 Å². The molecular weight excluding hydrogens is 637 g/mol. The van der Waals surface area contributed by atoms with Crippen LogP contribution in [-0.2, 0) is 0 Å². The molecule has 11 aromatic rings. The molecule has 0 saturated heterocycles. The first-order chi connectivity index (χ1) is 25.8. The highest BCUT2D eigenvalue weighted by molar-refractivity contribution is 6.30. The van der Waals surface area contributed by atoms with E-state index in [0.29, 0.717) is 0 Å². The molecule has 0 amide bonds. The van der Waals surface area contributed by atoms with E-state index in [9.17, 15) is 0 Å². The molecular formula is C48H30N2O2. The predicted octanol–water partition coefficient (Wildman–Crippen LogP) is 13.7. The molecule has 0 radical (unpaired) electrons. The minimum Gasteiger partial charge on any atom is -0.456 e. The van der Waals surface area contributed by atoms with Crippen molar-refractivity contribution in [1.29, 1.82) is 0 Å². The summed E-state index contributed by atoms with van der Waals surface area (Å²) >= 11 is 0. The average Bonchev–Trinajstić information content (AvgIpc) is 3.88. The molecule has 0 atom stereocenters. The summed E-state index contributed by atoms with van der Waals surface area (Å²) in [5.41, 5.74) is 12.0. The van der Waals surface area contributed by atoms with E-state index in [1.807, 2.05) is 18.2 Å². The Morgan fingerprint density at radius 1 is 0.385 bits per heavy atom. The molecule has 4 heteroatoms. The van der Waals surface area contributed by atoms with Crippen LogP contribution in [-0.4, -0.2) is 4.57 Å². The third-order valence-corrected chi connectivity index (χ3v) is 10.4. The molecule has 0 unspecified atom stereocenters. The molecule has 4 nitrogen and oxygen atoms in total. The number of anilines is 3. The lowest BCUT2D eigenvalue weighted by molar-refractivity contribution is 0.667. The third kappa shape index (κ3) is 4.28. The van der Waals surface area contributed by atoms with Crippen LogP contribution in [0.5, 0.6) is 0 Å². The van der Waals surface area contributed by atoms with Gasteiger partial charge in [0.1, 0.15) is 16.7 Å². The van der Waals surface area contributed by atoms with Crippen LogP contribution in [0.1, 0.15) is 0 Å². The number of aromatic nitrogens is 1. The first-order valence-electron chi connectivity index (χ1n) is 17.6. The smallest absolute Gasteiger partial charge is 0.160 e. The van der Waals surface area contributed by atoms with E-state index < -0.39 is 0 Å². The maximum atomic E-state index is 6.93. The van der Waals surface area contributed by atoms with Crippen LogP contribution in [0.15, 0.2) is 191 Å². The van der Waals surface area contributed by atoms with Gasteiger partial charge in [0, 0.05) is 49.8 Å². The van der Waals surface area contributed by atoms with E-state index in [1.54, 1.807) is 0 Å². The normalized spacial score (nSPS) is 11.8. The fourth-order valence-corrected chi connectivity index (χ4v) is 8.06. The van der Waals surface area contributed by atoms with Crippen LogP contribution >= 0.6 is 0 Å². The first kappa shape index (κ1) is 28.8. The van der Waals surface area contributed by atoms with Crippen molar-refractivity contribution in [3.63, 3.8) is 0 Å². The van der Waals surface area contributed by atoms with Crippen LogP contribution in [0.3, 0.4) is 0 Å². The Labute approximate surface area is 299 Å². The second-order valence-corrected chi connectivity index (χ2v) is 13.3. The molecule has 0 aliphatic rings. The molecule has 3 heterocycles. The summed E-state index contributed by atoms with van der Waals surface area (Å²) < 4.78 is 15.8. The molecule has 0 spiro atoms. The van der Waals surface area contributed by atoms with Crippen LogP contribution in [0.4, 0.5) is 17.1 Å². The van der Waals surface area contributed by atoms with Crippen molar-refractivity contribution in [1.82, 2.24) is 4.57 Å². The zero-order chi connectivity index (χ0) is 34.2. The number of para-hydroxylation sites is 4. The lowest BCUT2D eigenvalue weighted by Crippen LogP contribution is -2.10. The number of fused-ring (bicyclic) bond motifs is 10. The molecule has 244 valence electrons. The molecule has 0 N–H and O–H groups in total. The number of furan rings is 2. The van der Waals surface area contributed by atoms with Gasteiger partial charge in [0.25, 0.3) is 0 Å². The van der Waals surface area contributed by atoms with Gasteiger partial charge in [-0.2, -0.15) is 0 Å². The maximum absolute atomic E-state index is 6.93. The number of hydrogen-bond donors (Lipinski definition) is 0. The monoisotopic (exact) mass is 666 g/mol. The summed E-state index contributed by atoms with van der Waals surface area (Å²) in [5, 5.41) is 6.75. The van der Waals surface area contributed by atoms with Crippen molar-refractivity contribution in [2.24, 2.45) is 0 Å². The summed E-state index contributed by atoms with van der Waals surface area (Å²) in [6.07, 6.45) is 0. The van der Waals surface area contributed by atoms with Crippen LogP contribution < -0.4 is 4.90 Å². The zero-order valence-electron chi connectivity index (χ0n) is 28.0. The van der Waals surface area contributed by atoms with Crippen molar-refractivity contribution in [2.45, 2.75) is 0 Å². The summed E-state index contributed by atoms with van der Waals surface area (Å²) in [6.45, 7) is 0. The van der Waals surface area contributed by atoms with Gasteiger partial charge in [-0.15, -0.1) is 0 Å². The lowest BCUT2D eigenvalue weighted by Gasteiger charge is -2.26. The Hall–Kier alpha value is -7.04. The van der Waals surface area contributed by atoms with E-state index in [1.165, 1.54) is 16.3 Å². The van der Waals surface area contributed by atoms with E-state index in [2.05, 4.69) is 173 Å². The fourth-order valence-electron chi connectivity index (χ4n) is 8.06. The van der Waals surface area contributed by atoms with Crippen molar-refractivity contribution < 1.29 is 8.83 Å². The Balaban J connectivity index is 1.26. The molecule has 0 aliphatic carbocycles. The second kappa shape index (κ2) is 11.2. The van der Waals surface area contributed by atoms with Gasteiger partial charge in [0.15, 0.2) is 5.58 Å². The van der Waals surface area contributed by atoms with Crippen LogP contribution in [0.25, 0.3) is 82.5 Å². The summed E-state index contributed by atoms with van der Waals surface area (Å²) in [6, 6.07) is 64.1. The highest BCUT2D eigenvalue weighted by Gasteiger charge is 2.26. The molecule has 0 aliphatic heterocycles. The van der Waals surface area contributed by atoms with Crippen LogP contribution in [0, 0.1) is 0 Å². The number of rotatable bonds is 5. The number of hydrogen-bond acceptors (Lipinski definition) is 3. The standard InChI is InChI=1S/C48H30N2O2/c1-3-13-31(14-4-1)32-23-25-34(26-24-32)49(35-27-28-37-36-17-8-11-21-43(36)51-45(37)29-35)42-30-41-46(47-39-19-9-12-22-44(39)52-48(42)47)38-18-7-10-20-40(38)50(41)33-15-5-2-6-16-33/h1-30H. The molecule has 8 aromatic carbocycles. The molecule has 0 fully saturated rings. The topological polar surface area (TPSA) is 34.5 Å². The largest absolute Gasteiger partial charge is 0.456 e. The average molecular weight is 667 g/mol. The van der Waals surface area contributed by atoms with Crippen molar-refractivity contribution in [2.75, 3.05) is 4.90 Å². The fraction of sp³-hybridized carbons (Fsp3) is 0. The predicted molar refractivity (Wildman–Crippen MR) is 215 cm³/mol. The van der Waals surface area contributed by atoms with E-state index >= 15 is 0 Å². The van der Waals surface area contributed by atoms with E-state index in [0.717, 1.165) is 83.2 Å². The van der Waals surface area contributed by atoms with Gasteiger partial charge < -0.3 is 18.3 Å². The molecule has 0 bridgehead atoms. The van der Waals surface area contributed by atoms with E-state index in [-0.39, 0.29) is 0 Å². The van der Waals surface area contributed by atoms with Crippen molar-refractivity contribution >= 4 is 82.7 Å². The van der Waals surface area contributed by atoms with Gasteiger partial charge in [-0.05, 0) is 71.8 Å². The van der Waals surface area contributed by atoms with Gasteiger partial charge in [-0.1, -0.05) is 115 Å². The summed E-state index contributed by atoms with van der Waals surface area (Å²) in [5.74, 6) is 0. The lowest BCUT2D eigenvalue weighted by atomic mass is 10.0. The minimum atomic E-state index is 0.835. The Morgan fingerprint density at radius 3 is 1.77 bits per heavy atom. The SMILES string of the molecule is c1ccc(-c2ccc(N(c3ccc4c(c3)oc3ccccc34)c3cc4c(c5ccccc5n4-c4ccccc4)c4c3oc3ccccc34)cc2)cc1. The van der Waals surface area contributed by atoms with Gasteiger partial charge >= 0.3 is 0 Å². The molecule has 52 heavy (non-hydrogen) atoms. The minimum absolute atomic E-state index is 0.835. The van der Waals surface area contributed by atoms with Gasteiger partial charge in [0.05, 0.1) is 22.4 Å². The first-order valence-corrected chi connectivity index (χ1v) is 17.6.